The van der Waals surface area contributed by atoms with Crippen molar-refractivity contribution in [3.05, 3.63) is 65.2 Å². The maximum Gasteiger partial charge on any atom is 0.191 e. The van der Waals surface area contributed by atoms with E-state index in [1.807, 2.05) is 19.2 Å². The summed E-state index contributed by atoms with van der Waals surface area (Å²) in [4.78, 5) is 6.82. The Hall–Kier alpha value is -1.80. The SMILES string of the molecule is CN=C(NCCc1ccc(OC)cc1)NCCN1CCc2ccccc2C1.I. The molecule has 1 aliphatic rings. The molecule has 0 bridgehead atoms. The number of aliphatic imine (C=N–C) groups is 1. The molecular weight excluding hydrogens is 463 g/mol. The number of hydrogen-bond acceptors (Lipinski definition) is 3. The number of benzene rings is 2. The Morgan fingerprint density at radius 3 is 2.46 bits per heavy atom. The summed E-state index contributed by atoms with van der Waals surface area (Å²) in [5.74, 6) is 1.76. The first kappa shape index (κ1) is 22.5. The fourth-order valence-electron chi connectivity index (χ4n) is 3.42. The second-order valence-corrected chi connectivity index (χ2v) is 6.82. The molecule has 0 aliphatic carbocycles. The van der Waals surface area contributed by atoms with Gasteiger partial charge in [0.25, 0.3) is 0 Å². The molecule has 0 unspecified atom stereocenters. The molecule has 0 saturated heterocycles. The summed E-state index contributed by atoms with van der Waals surface area (Å²) in [6.45, 7) is 4.94. The van der Waals surface area contributed by atoms with Gasteiger partial charge in [0.2, 0.25) is 0 Å². The second kappa shape index (κ2) is 11.9. The van der Waals surface area contributed by atoms with E-state index in [9.17, 15) is 0 Å². The molecule has 152 valence electrons. The van der Waals surface area contributed by atoms with Gasteiger partial charge in [0.1, 0.15) is 5.75 Å². The van der Waals surface area contributed by atoms with Crippen molar-refractivity contribution in [1.82, 2.24) is 15.5 Å². The Labute approximate surface area is 185 Å². The number of hydrogen-bond donors (Lipinski definition) is 2. The normalized spacial score (nSPS) is 14.0. The van der Waals surface area contributed by atoms with Crippen LogP contribution in [0.5, 0.6) is 5.75 Å². The van der Waals surface area contributed by atoms with Crippen molar-refractivity contribution in [2.24, 2.45) is 4.99 Å². The van der Waals surface area contributed by atoms with Crippen molar-refractivity contribution in [3.8, 4) is 5.75 Å². The molecule has 2 aromatic rings. The molecule has 1 heterocycles. The number of rotatable bonds is 7. The first-order valence-corrected chi connectivity index (χ1v) is 9.65. The molecule has 28 heavy (non-hydrogen) atoms. The van der Waals surface area contributed by atoms with Crippen LogP contribution in [0.3, 0.4) is 0 Å². The lowest BCUT2D eigenvalue weighted by molar-refractivity contribution is 0.258. The van der Waals surface area contributed by atoms with Crippen molar-refractivity contribution < 1.29 is 4.74 Å². The summed E-state index contributed by atoms with van der Waals surface area (Å²) in [5.41, 5.74) is 4.24. The number of nitrogens with zero attached hydrogens (tertiary/aromatic N) is 2. The quantitative estimate of drug-likeness (QED) is 0.353. The van der Waals surface area contributed by atoms with Crippen molar-refractivity contribution >= 4 is 29.9 Å². The van der Waals surface area contributed by atoms with Crippen molar-refractivity contribution in [2.45, 2.75) is 19.4 Å². The van der Waals surface area contributed by atoms with Crippen LogP contribution in [-0.2, 0) is 19.4 Å². The fourth-order valence-corrected chi connectivity index (χ4v) is 3.42. The zero-order valence-electron chi connectivity index (χ0n) is 16.8. The zero-order valence-corrected chi connectivity index (χ0v) is 19.1. The number of ether oxygens (including phenoxy) is 1. The topological polar surface area (TPSA) is 48.9 Å². The van der Waals surface area contributed by atoms with Crippen LogP contribution in [0.1, 0.15) is 16.7 Å². The molecular formula is C22H31IN4O. The van der Waals surface area contributed by atoms with Gasteiger partial charge in [-0.1, -0.05) is 36.4 Å². The van der Waals surface area contributed by atoms with Gasteiger partial charge in [0.15, 0.2) is 5.96 Å². The third-order valence-corrected chi connectivity index (χ3v) is 5.02. The van der Waals surface area contributed by atoms with E-state index in [4.69, 9.17) is 4.74 Å². The van der Waals surface area contributed by atoms with Crippen LogP contribution in [0.25, 0.3) is 0 Å². The lowest BCUT2D eigenvalue weighted by Gasteiger charge is -2.28. The van der Waals surface area contributed by atoms with Crippen LogP contribution in [-0.4, -0.2) is 51.2 Å². The van der Waals surface area contributed by atoms with E-state index < -0.39 is 0 Å². The molecule has 0 fully saturated rings. The Morgan fingerprint density at radius 2 is 1.75 bits per heavy atom. The Bertz CT molecular complexity index is 748. The standard InChI is InChI=1S/C22H30N4O.HI/c1-23-22(24-13-11-18-7-9-21(27-2)10-8-18)25-14-16-26-15-12-19-5-3-4-6-20(19)17-26;/h3-10H,11-17H2,1-2H3,(H2,23,24,25);1H. The summed E-state index contributed by atoms with van der Waals surface area (Å²) in [6, 6.07) is 17.0. The van der Waals surface area contributed by atoms with Gasteiger partial charge in [-0.3, -0.25) is 9.89 Å². The third-order valence-electron chi connectivity index (χ3n) is 5.02. The van der Waals surface area contributed by atoms with Gasteiger partial charge in [-0.15, -0.1) is 24.0 Å². The maximum atomic E-state index is 5.19. The monoisotopic (exact) mass is 494 g/mol. The summed E-state index contributed by atoms with van der Waals surface area (Å²) < 4.78 is 5.19. The number of fused-ring (bicyclic) bond motifs is 1. The van der Waals surface area contributed by atoms with Gasteiger partial charge in [-0.2, -0.15) is 0 Å². The molecule has 0 spiro atoms. The van der Waals surface area contributed by atoms with Gasteiger partial charge in [-0.25, -0.2) is 0 Å². The molecule has 0 saturated carbocycles. The van der Waals surface area contributed by atoms with Crippen LogP contribution in [0.4, 0.5) is 0 Å². The fraction of sp³-hybridized carbons (Fsp3) is 0.409. The average Bonchev–Trinajstić information content (AvgIpc) is 2.73. The first-order valence-electron chi connectivity index (χ1n) is 9.65. The predicted molar refractivity (Wildman–Crippen MR) is 127 cm³/mol. The lowest BCUT2D eigenvalue weighted by Crippen LogP contribution is -2.43. The number of methoxy groups -OCH3 is 1. The molecule has 0 radical (unpaired) electrons. The molecule has 2 N–H and O–H groups in total. The highest BCUT2D eigenvalue weighted by molar-refractivity contribution is 14.0. The molecule has 1 aliphatic heterocycles. The largest absolute Gasteiger partial charge is 0.497 e. The minimum Gasteiger partial charge on any atom is -0.497 e. The second-order valence-electron chi connectivity index (χ2n) is 6.82. The minimum absolute atomic E-state index is 0. The number of guanidine groups is 1. The van der Waals surface area contributed by atoms with E-state index in [0.29, 0.717) is 0 Å². The number of halogens is 1. The van der Waals surface area contributed by atoms with E-state index in [2.05, 4.69) is 56.9 Å². The smallest absolute Gasteiger partial charge is 0.191 e. The van der Waals surface area contributed by atoms with Gasteiger partial charge in [-0.05, 0) is 41.7 Å². The third kappa shape index (κ3) is 6.67. The molecule has 0 aromatic heterocycles. The van der Waals surface area contributed by atoms with Gasteiger partial charge in [0.05, 0.1) is 7.11 Å². The van der Waals surface area contributed by atoms with Crippen molar-refractivity contribution in [2.75, 3.05) is 40.3 Å². The molecule has 2 aromatic carbocycles. The lowest BCUT2D eigenvalue weighted by atomic mass is 10.00. The van der Waals surface area contributed by atoms with Crippen LogP contribution in [0.2, 0.25) is 0 Å². The number of nitrogens with one attached hydrogen (secondary N) is 2. The Kier molecular flexibility index (Phi) is 9.57. The molecule has 3 rings (SSSR count). The first-order chi connectivity index (χ1) is 13.3. The highest BCUT2D eigenvalue weighted by Gasteiger charge is 2.14. The summed E-state index contributed by atoms with van der Waals surface area (Å²) in [7, 11) is 3.51. The molecule has 0 amide bonds. The maximum absolute atomic E-state index is 5.19. The average molecular weight is 494 g/mol. The Balaban J connectivity index is 0.00000280. The van der Waals surface area contributed by atoms with Crippen molar-refractivity contribution in [1.29, 1.82) is 0 Å². The van der Waals surface area contributed by atoms with Gasteiger partial charge >= 0.3 is 0 Å². The highest BCUT2D eigenvalue weighted by Crippen LogP contribution is 2.17. The van der Waals surface area contributed by atoms with Crippen LogP contribution in [0, 0.1) is 0 Å². The van der Waals surface area contributed by atoms with Crippen LogP contribution >= 0.6 is 24.0 Å². The molecule has 5 nitrogen and oxygen atoms in total. The van der Waals surface area contributed by atoms with E-state index >= 15 is 0 Å². The predicted octanol–water partition coefficient (Wildman–Crippen LogP) is 3.08. The van der Waals surface area contributed by atoms with Gasteiger partial charge < -0.3 is 15.4 Å². The van der Waals surface area contributed by atoms with Crippen LogP contribution in [0.15, 0.2) is 53.5 Å². The highest BCUT2D eigenvalue weighted by atomic mass is 127. The van der Waals surface area contributed by atoms with Gasteiger partial charge in [0, 0.05) is 39.8 Å². The zero-order chi connectivity index (χ0) is 18.9. The minimum atomic E-state index is 0. The van der Waals surface area contributed by atoms with E-state index in [0.717, 1.165) is 57.3 Å². The van der Waals surface area contributed by atoms with E-state index in [-0.39, 0.29) is 24.0 Å². The summed E-state index contributed by atoms with van der Waals surface area (Å²) in [6.07, 6.45) is 2.10. The van der Waals surface area contributed by atoms with Crippen molar-refractivity contribution in [3.63, 3.8) is 0 Å². The summed E-state index contributed by atoms with van der Waals surface area (Å²) >= 11 is 0. The molecule has 0 atom stereocenters. The summed E-state index contributed by atoms with van der Waals surface area (Å²) in [5, 5.41) is 6.81. The van der Waals surface area contributed by atoms with E-state index in [1.165, 1.54) is 16.7 Å². The molecule has 6 heteroatoms. The Morgan fingerprint density at radius 1 is 1.04 bits per heavy atom. The van der Waals surface area contributed by atoms with E-state index in [1.54, 1.807) is 7.11 Å². The van der Waals surface area contributed by atoms with Crippen LogP contribution < -0.4 is 15.4 Å².